The summed E-state index contributed by atoms with van der Waals surface area (Å²) in [5.41, 5.74) is 2.97. The minimum Gasteiger partial charge on any atom is -0.394 e. The Morgan fingerprint density at radius 3 is 2.17 bits per heavy atom. The number of hydroxylamine groups is 1. The van der Waals surface area contributed by atoms with Crippen LogP contribution in [0.3, 0.4) is 0 Å². The molecule has 2 aromatic rings. The summed E-state index contributed by atoms with van der Waals surface area (Å²) in [6, 6.07) is 13.9. The van der Waals surface area contributed by atoms with Crippen molar-refractivity contribution in [2.75, 3.05) is 33.9 Å². The van der Waals surface area contributed by atoms with E-state index in [0.29, 0.717) is 18.6 Å². The second-order valence-corrected chi connectivity index (χ2v) is 9.68. The van der Waals surface area contributed by atoms with Crippen molar-refractivity contribution in [3.05, 3.63) is 70.8 Å². The highest BCUT2D eigenvalue weighted by molar-refractivity contribution is 6.12. The van der Waals surface area contributed by atoms with E-state index in [4.69, 9.17) is 24.5 Å². The van der Waals surface area contributed by atoms with Crippen LogP contribution < -0.4 is 10.8 Å². The lowest BCUT2D eigenvalue weighted by atomic mass is 9.96. The Bertz CT molecular complexity index is 1230. The van der Waals surface area contributed by atoms with Crippen LogP contribution in [0.4, 0.5) is 0 Å². The number of hydrogen-bond acceptors (Lipinski definition) is 8. The van der Waals surface area contributed by atoms with Gasteiger partial charge in [-0.05, 0) is 61.7 Å². The number of carbonyl (C=O) groups excluding carboxylic acids is 3. The molecule has 0 radical (unpaired) electrons. The third-order valence-electron chi connectivity index (χ3n) is 6.84. The molecule has 0 aromatic heterocycles. The maximum Gasteiger partial charge on any atom is 0.279 e. The predicted octanol–water partition coefficient (Wildman–Crippen LogP) is 1.11. The van der Waals surface area contributed by atoms with E-state index < -0.39 is 35.7 Å². The molecule has 1 aliphatic rings. The topological polar surface area (TPSA) is 147 Å². The molecule has 11 nitrogen and oxygen atoms in total. The van der Waals surface area contributed by atoms with Crippen molar-refractivity contribution in [3.63, 3.8) is 0 Å². The number of aliphatic hydroxyl groups is 2. The number of nitrogens with zero attached hydrogens (tertiary/aromatic N) is 1. The fourth-order valence-corrected chi connectivity index (χ4v) is 3.97. The summed E-state index contributed by atoms with van der Waals surface area (Å²) < 4.78 is 10.9. The van der Waals surface area contributed by atoms with Gasteiger partial charge < -0.3 is 29.9 Å². The van der Waals surface area contributed by atoms with Gasteiger partial charge in [0.1, 0.15) is 6.10 Å². The van der Waals surface area contributed by atoms with E-state index in [-0.39, 0.29) is 25.4 Å². The van der Waals surface area contributed by atoms with Crippen LogP contribution in [0.15, 0.2) is 48.5 Å². The average Bonchev–Trinajstić information content (AvgIpc) is 3.02. The first kappa shape index (κ1) is 31.7. The molecule has 2 unspecified atom stereocenters. The van der Waals surface area contributed by atoms with E-state index in [1.54, 1.807) is 24.3 Å². The summed E-state index contributed by atoms with van der Waals surface area (Å²) >= 11 is 0. The first-order chi connectivity index (χ1) is 19.7. The Hall–Kier alpha value is -3.79. The molecule has 1 fully saturated rings. The first-order valence-electron chi connectivity index (χ1n) is 13.3. The lowest BCUT2D eigenvalue weighted by molar-refractivity contribution is -0.204. The highest BCUT2D eigenvalue weighted by Gasteiger charge is 2.47. The normalized spacial score (nSPS) is 16.2. The fraction of sp³-hybridized carbons (Fsp3) is 0.433. The minimum absolute atomic E-state index is 0.255. The molecule has 0 spiro atoms. The van der Waals surface area contributed by atoms with Gasteiger partial charge in [0.2, 0.25) is 0 Å². The fourth-order valence-electron chi connectivity index (χ4n) is 3.97. The third-order valence-corrected chi connectivity index (χ3v) is 6.84. The maximum atomic E-state index is 13.3. The molecule has 3 amide bonds. The Morgan fingerprint density at radius 1 is 1.02 bits per heavy atom. The quantitative estimate of drug-likeness (QED) is 0.179. The van der Waals surface area contributed by atoms with E-state index in [1.165, 1.54) is 21.0 Å². The molecule has 0 saturated carbocycles. The number of rotatable bonds is 11. The zero-order valence-corrected chi connectivity index (χ0v) is 23.5. The molecule has 3 rings (SSSR count). The lowest BCUT2D eigenvalue weighted by Gasteiger charge is -2.36. The van der Waals surface area contributed by atoms with Gasteiger partial charge >= 0.3 is 0 Å². The molecule has 2 atom stereocenters. The predicted molar refractivity (Wildman–Crippen MR) is 149 cm³/mol. The Kier molecular flexibility index (Phi) is 11.8. The van der Waals surface area contributed by atoms with E-state index in [0.717, 1.165) is 28.9 Å². The van der Waals surface area contributed by atoms with Gasteiger partial charge in [-0.3, -0.25) is 14.4 Å². The monoisotopic (exact) mass is 567 g/mol. The van der Waals surface area contributed by atoms with Crippen LogP contribution in [-0.4, -0.2) is 84.7 Å². The molecule has 1 heterocycles. The maximum absolute atomic E-state index is 13.3. The summed E-state index contributed by atoms with van der Waals surface area (Å²) in [5.74, 6) is 4.07. The van der Waals surface area contributed by atoms with E-state index >= 15 is 0 Å². The number of ether oxygens (including phenoxy) is 2. The van der Waals surface area contributed by atoms with Crippen LogP contribution in [0.1, 0.15) is 53.2 Å². The summed E-state index contributed by atoms with van der Waals surface area (Å²) in [4.78, 5) is 45.6. The van der Waals surface area contributed by atoms with E-state index in [9.17, 15) is 14.4 Å². The van der Waals surface area contributed by atoms with E-state index in [1.807, 2.05) is 24.3 Å². The van der Waals surface area contributed by atoms with Crippen molar-refractivity contribution in [2.24, 2.45) is 0 Å². The van der Waals surface area contributed by atoms with Crippen LogP contribution in [0.2, 0.25) is 0 Å². The van der Waals surface area contributed by atoms with Crippen molar-refractivity contribution >= 4 is 17.7 Å². The standard InChI is InChI=1S/C30H37N3O8/c1-30(28(37)31-2,29(38)32-41-26-6-4-5-17-39-26)33(3)27(36)24-15-13-22(14-16-24)8-7-21-9-11-23(12-10-21)20-40-25(18-34)19-35/h9-16,25-26,34-35H,4-6,17-20H2,1-3H3,(H,31,37)(H,32,38). The zero-order chi connectivity index (χ0) is 29.8. The Morgan fingerprint density at radius 2 is 1.63 bits per heavy atom. The van der Waals surface area contributed by atoms with E-state index in [2.05, 4.69) is 22.6 Å². The van der Waals surface area contributed by atoms with Crippen LogP contribution in [0.5, 0.6) is 0 Å². The van der Waals surface area contributed by atoms with Crippen molar-refractivity contribution in [1.29, 1.82) is 0 Å². The second kappa shape index (κ2) is 15.3. The van der Waals surface area contributed by atoms with Crippen molar-refractivity contribution in [1.82, 2.24) is 15.7 Å². The molecule has 41 heavy (non-hydrogen) atoms. The van der Waals surface area contributed by atoms with Crippen molar-refractivity contribution < 1.29 is 38.9 Å². The average molecular weight is 568 g/mol. The van der Waals surface area contributed by atoms with Crippen LogP contribution >= 0.6 is 0 Å². The molecule has 4 N–H and O–H groups in total. The minimum atomic E-state index is -1.90. The number of hydrogen-bond donors (Lipinski definition) is 4. The molecular weight excluding hydrogens is 530 g/mol. The van der Waals surface area contributed by atoms with Gasteiger partial charge in [-0.15, -0.1) is 0 Å². The smallest absolute Gasteiger partial charge is 0.279 e. The third kappa shape index (κ3) is 8.36. The number of aliphatic hydroxyl groups excluding tert-OH is 2. The van der Waals surface area contributed by atoms with Gasteiger partial charge in [0.15, 0.2) is 11.8 Å². The molecule has 11 heteroatoms. The molecule has 0 bridgehead atoms. The number of benzene rings is 2. The van der Waals surface area contributed by atoms with Gasteiger partial charge in [0.05, 0.1) is 19.8 Å². The molecular formula is C30H37N3O8. The zero-order valence-electron chi connectivity index (χ0n) is 23.5. The highest BCUT2D eigenvalue weighted by Crippen LogP contribution is 2.20. The Balaban J connectivity index is 1.65. The van der Waals surface area contributed by atoms with Crippen LogP contribution in [-0.2, 0) is 30.5 Å². The van der Waals surface area contributed by atoms with Gasteiger partial charge in [0.25, 0.3) is 17.7 Å². The van der Waals surface area contributed by atoms with Gasteiger partial charge in [0, 0.05) is 43.8 Å². The molecule has 0 aliphatic carbocycles. The molecule has 2 aromatic carbocycles. The Labute approximate surface area is 239 Å². The molecule has 1 aliphatic heterocycles. The highest BCUT2D eigenvalue weighted by atomic mass is 16.8. The van der Waals surface area contributed by atoms with Gasteiger partial charge in [-0.2, -0.15) is 0 Å². The number of carbonyl (C=O) groups is 3. The molecule has 1 saturated heterocycles. The van der Waals surface area contributed by atoms with Gasteiger partial charge in [-0.25, -0.2) is 10.3 Å². The van der Waals surface area contributed by atoms with Crippen LogP contribution in [0.25, 0.3) is 0 Å². The SMILES string of the molecule is CNC(=O)C(C)(C(=O)NOC1CCCCO1)N(C)C(=O)c1ccc(C#Cc2ccc(COC(CO)CO)cc2)cc1. The lowest BCUT2D eigenvalue weighted by Crippen LogP contribution is -2.65. The van der Waals surface area contributed by atoms with Crippen molar-refractivity contribution in [2.45, 2.75) is 50.7 Å². The summed E-state index contributed by atoms with van der Waals surface area (Å²) in [5, 5.41) is 20.6. The van der Waals surface area contributed by atoms with Crippen LogP contribution in [0, 0.1) is 11.8 Å². The molecule has 220 valence electrons. The largest absolute Gasteiger partial charge is 0.394 e. The number of likely N-dealkylation sites (N-methyl/N-ethyl adjacent to an activating group) is 2. The van der Waals surface area contributed by atoms with Gasteiger partial charge in [-0.1, -0.05) is 24.0 Å². The summed E-state index contributed by atoms with van der Waals surface area (Å²) in [6.45, 7) is 1.61. The first-order valence-corrected chi connectivity index (χ1v) is 13.3. The summed E-state index contributed by atoms with van der Waals surface area (Å²) in [7, 11) is 2.76. The van der Waals surface area contributed by atoms with Crippen molar-refractivity contribution in [3.8, 4) is 11.8 Å². The summed E-state index contributed by atoms with van der Waals surface area (Å²) in [6.07, 6.45) is 1.19. The number of nitrogens with one attached hydrogen (secondary N) is 2. The number of amides is 3. The second-order valence-electron chi connectivity index (χ2n) is 9.68.